The fraction of sp³-hybridized carbons (Fsp3) is 0.400. The van der Waals surface area contributed by atoms with Crippen molar-refractivity contribution in [1.82, 2.24) is 0 Å². The van der Waals surface area contributed by atoms with Gasteiger partial charge in [0, 0.05) is 6.04 Å². The van der Waals surface area contributed by atoms with Crippen molar-refractivity contribution < 1.29 is 4.39 Å². The molecule has 0 saturated heterocycles. The number of halogens is 2. The largest absolute Gasteiger partial charge is 0.324 e. The summed E-state index contributed by atoms with van der Waals surface area (Å²) in [4.78, 5) is 0. The molecule has 3 heteroatoms. The third-order valence-electron chi connectivity index (χ3n) is 2.57. The van der Waals surface area contributed by atoms with Crippen molar-refractivity contribution >= 4 is 15.9 Å². The van der Waals surface area contributed by atoms with Crippen LogP contribution in [0.1, 0.15) is 30.0 Å². The Morgan fingerprint density at radius 2 is 2.23 bits per heavy atom. The quantitative estimate of drug-likeness (QED) is 0.746. The van der Waals surface area contributed by atoms with E-state index < -0.39 is 0 Å². The van der Waals surface area contributed by atoms with Gasteiger partial charge in [0.05, 0.1) is 4.47 Å². The molecular formula is C10H11BrFN. The molecule has 0 fully saturated rings. The van der Waals surface area contributed by atoms with Crippen LogP contribution in [0.4, 0.5) is 4.39 Å². The van der Waals surface area contributed by atoms with Gasteiger partial charge in [-0.25, -0.2) is 4.39 Å². The minimum Gasteiger partial charge on any atom is -0.324 e. The number of benzene rings is 1. The van der Waals surface area contributed by atoms with E-state index in [9.17, 15) is 4.39 Å². The Morgan fingerprint density at radius 1 is 1.46 bits per heavy atom. The van der Waals surface area contributed by atoms with E-state index in [1.165, 1.54) is 0 Å². The fourth-order valence-electron chi connectivity index (χ4n) is 1.86. The van der Waals surface area contributed by atoms with Gasteiger partial charge in [-0.2, -0.15) is 0 Å². The zero-order chi connectivity index (χ0) is 9.42. The number of rotatable bonds is 0. The van der Waals surface area contributed by atoms with Crippen LogP contribution in [0.5, 0.6) is 0 Å². The van der Waals surface area contributed by atoms with Crippen molar-refractivity contribution in [3.63, 3.8) is 0 Å². The highest BCUT2D eigenvalue weighted by Crippen LogP contribution is 2.32. The first-order valence-corrected chi connectivity index (χ1v) is 5.22. The summed E-state index contributed by atoms with van der Waals surface area (Å²) in [5.74, 6) is -0.132. The predicted molar refractivity (Wildman–Crippen MR) is 54.0 cm³/mol. The maximum absolute atomic E-state index is 13.6. The summed E-state index contributed by atoms with van der Waals surface area (Å²) in [6.45, 7) is 0. The lowest BCUT2D eigenvalue weighted by Gasteiger charge is -2.22. The molecule has 1 aromatic rings. The molecule has 0 aliphatic heterocycles. The lowest BCUT2D eigenvalue weighted by Crippen LogP contribution is -2.18. The molecule has 0 unspecified atom stereocenters. The molecule has 1 nitrogen and oxygen atoms in total. The first-order chi connectivity index (χ1) is 6.20. The average molecular weight is 244 g/mol. The monoisotopic (exact) mass is 243 g/mol. The van der Waals surface area contributed by atoms with Crippen LogP contribution in [-0.2, 0) is 6.42 Å². The Morgan fingerprint density at radius 3 is 3.00 bits per heavy atom. The maximum Gasteiger partial charge on any atom is 0.140 e. The molecule has 70 valence electrons. The molecule has 1 atom stereocenters. The van der Waals surface area contributed by atoms with Crippen LogP contribution in [0.25, 0.3) is 0 Å². The van der Waals surface area contributed by atoms with E-state index in [0.29, 0.717) is 4.47 Å². The molecule has 1 aromatic carbocycles. The molecule has 2 rings (SSSR count). The Hall–Kier alpha value is -0.410. The third-order valence-corrected chi connectivity index (χ3v) is 3.19. The van der Waals surface area contributed by atoms with Crippen molar-refractivity contribution in [3.8, 4) is 0 Å². The van der Waals surface area contributed by atoms with Gasteiger partial charge in [-0.05, 0) is 52.4 Å². The van der Waals surface area contributed by atoms with Crippen LogP contribution in [0.15, 0.2) is 16.6 Å². The normalized spacial score (nSPS) is 21.3. The molecule has 0 radical (unpaired) electrons. The van der Waals surface area contributed by atoms with Crippen LogP contribution >= 0.6 is 15.9 Å². The smallest absolute Gasteiger partial charge is 0.140 e. The second-order valence-corrected chi connectivity index (χ2v) is 4.28. The Bertz CT molecular complexity index is 338. The van der Waals surface area contributed by atoms with Gasteiger partial charge < -0.3 is 5.73 Å². The summed E-state index contributed by atoms with van der Waals surface area (Å²) in [6, 6.07) is 3.68. The first kappa shape index (κ1) is 9.16. The van der Waals surface area contributed by atoms with Crippen LogP contribution in [-0.4, -0.2) is 0 Å². The maximum atomic E-state index is 13.6. The van der Waals surface area contributed by atoms with E-state index >= 15 is 0 Å². The zero-order valence-electron chi connectivity index (χ0n) is 7.19. The van der Waals surface area contributed by atoms with Gasteiger partial charge >= 0.3 is 0 Å². The summed E-state index contributed by atoms with van der Waals surface area (Å²) < 4.78 is 14.1. The van der Waals surface area contributed by atoms with Crippen LogP contribution < -0.4 is 5.73 Å². The van der Waals surface area contributed by atoms with Gasteiger partial charge in [0.2, 0.25) is 0 Å². The molecule has 1 aliphatic rings. The fourth-order valence-corrected chi connectivity index (χ4v) is 2.23. The lowest BCUT2D eigenvalue weighted by atomic mass is 9.88. The number of fused-ring (bicyclic) bond motifs is 1. The molecule has 13 heavy (non-hydrogen) atoms. The van der Waals surface area contributed by atoms with Gasteiger partial charge in [-0.3, -0.25) is 0 Å². The van der Waals surface area contributed by atoms with Crippen LogP contribution in [0, 0.1) is 5.82 Å². The van der Waals surface area contributed by atoms with Crippen molar-refractivity contribution in [3.05, 3.63) is 33.5 Å². The molecule has 0 heterocycles. The molecular weight excluding hydrogens is 233 g/mol. The minimum atomic E-state index is -0.132. The summed E-state index contributed by atoms with van der Waals surface area (Å²) >= 11 is 3.18. The molecule has 0 amide bonds. The minimum absolute atomic E-state index is 0.0198. The summed E-state index contributed by atoms with van der Waals surface area (Å²) in [5, 5.41) is 0. The topological polar surface area (TPSA) is 26.0 Å². The molecule has 0 aromatic heterocycles. The Balaban J connectivity index is 2.56. The number of hydrogen-bond donors (Lipinski definition) is 1. The average Bonchev–Trinajstić information content (AvgIpc) is 2.12. The molecule has 0 bridgehead atoms. The summed E-state index contributed by atoms with van der Waals surface area (Å²) in [7, 11) is 0. The first-order valence-electron chi connectivity index (χ1n) is 4.42. The Labute approximate surface area is 85.3 Å². The Kier molecular flexibility index (Phi) is 2.39. The van der Waals surface area contributed by atoms with E-state index in [2.05, 4.69) is 15.9 Å². The number of hydrogen-bond acceptors (Lipinski definition) is 1. The summed E-state index contributed by atoms with van der Waals surface area (Å²) in [6.07, 6.45) is 2.77. The highest BCUT2D eigenvalue weighted by atomic mass is 79.9. The third kappa shape index (κ3) is 1.51. The van der Waals surface area contributed by atoms with E-state index in [1.54, 1.807) is 6.07 Å². The van der Waals surface area contributed by atoms with E-state index in [1.807, 2.05) is 6.07 Å². The lowest BCUT2D eigenvalue weighted by molar-refractivity contribution is 0.529. The van der Waals surface area contributed by atoms with Gasteiger partial charge in [0.25, 0.3) is 0 Å². The van der Waals surface area contributed by atoms with Gasteiger partial charge in [0.15, 0.2) is 0 Å². The summed E-state index contributed by atoms with van der Waals surface area (Å²) in [5.41, 5.74) is 7.66. The second-order valence-electron chi connectivity index (χ2n) is 3.43. The van der Waals surface area contributed by atoms with E-state index in [0.717, 1.165) is 30.4 Å². The van der Waals surface area contributed by atoms with E-state index in [4.69, 9.17) is 5.73 Å². The van der Waals surface area contributed by atoms with Crippen molar-refractivity contribution in [2.75, 3.05) is 0 Å². The van der Waals surface area contributed by atoms with Crippen LogP contribution in [0.3, 0.4) is 0 Å². The van der Waals surface area contributed by atoms with Crippen LogP contribution in [0.2, 0.25) is 0 Å². The molecule has 1 aliphatic carbocycles. The molecule has 0 spiro atoms. The zero-order valence-corrected chi connectivity index (χ0v) is 8.77. The second kappa shape index (κ2) is 3.39. The van der Waals surface area contributed by atoms with Gasteiger partial charge in [-0.15, -0.1) is 0 Å². The predicted octanol–water partition coefficient (Wildman–Crippen LogP) is 2.92. The van der Waals surface area contributed by atoms with Crippen molar-refractivity contribution in [1.29, 1.82) is 0 Å². The SMILES string of the molecule is N[C@H]1CCCc2c1ccc(Br)c2F. The van der Waals surface area contributed by atoms with E-state index in [-0.39, 0.29) is 11.9 Å². The highest BCUT2D eigenvalue weighted by Gasteiger charge is 2.20. The molecule has 2 N–H and O–H groups in total. The van der Waals surface area contributed by atoms with Crippen molar-refractivity contribution in [2.45, 2.75) is 25.3 Å². The van der Waals surface area contributed by atoms with Crippen molar-refractivity contribution in [2.24, 2.45) is 5.73 Å². The van der Waals surface area contributed by atoms with Gasteiger partial charge in [0.1, 0.15) is 5.82 Å². The van der Waals surface area contributed by atoms with Gasteiger partial charge in [-0.1, -0.05) is 6.07 Å². The highest BCUT2D eigenvalue weighted by molar-refractivity contribution is 9.10. The molecule has 0 saturated carbocycles. The number of nitrogens with two attached hydrogens (primary N) is 1. The standard InChI is InChI=1S/C10H11BrFN/c11-8-5-4-6-7(10(8)12)2-1-3-9(6)13/h4-5,9H,1-3,13H2/t9-/m0/s1.